The van der Waals surface area contributed by atoms with Crippen LogP contribution in [0.4, 0.5) is 15.8 Å². The SMILES string of the molecule is Nc1cc(F)ccc1C(=O)OCC(=O)Nc1ccc(Cl)cc1. The van der Waals surface area contributed by atoms with Crippen LogP contribution in [0.1, 0.15) is 10.4 Å². The van der Waals surface area contributed by atoms with Crippen molar-refractivity contribution in [2.45, 2.75) is 0 Å². The van der Waals surface area contributed by atoms with Gasteiger partial charge in [0.1, 0.15) is 5.82 Å². The minimum atomic E-state index is -0.802. The molecule has 0 bridgehead atoms. The number of rotatable bonds is 4. The highest BCUT2D eigenvalue weighted by Crippen LogP contribution is 2.15. The number of hydrogen-bond acceptors (Lipinski definition) is 4. The molecule has 0 radical (unpaired) electrons. The molecule has 2 aromatic rings. The Morgan fingerprint density at radius 1 is 1.18 bits per heavy atom. The summed E-state index contributed by atoms with van der Waals surface area (Å²) in [5, 5.41) is 3.07. The topological polar surface area (TPSA) is 81.4 Å². The van der Waals surface area contributed by atoms with E-state index in [1.807, 2.05) is 0 Å². The Bertz CT molecular complexity index is 704. The van der Waals surface area contributed by atoms with Crippen LogP contribution < -0.4 is 11.1 Å². The maximum absolute atomic E-state index is 12.9. The molecular formula is C15H12ClFN2O3. The second kappa shape index (κ2) is 6.91. The molecule has 1 amide bonds. The van der Waals surface area contributed by atoms with Crippen molar-refractivity contribution in [2.24, 2.45) is 0 Å². The van der Waals surface area contributed by atoms with Gasteiger partial charge in [-0.15, -0.1) is 0 Å². The van der Waals surface area contributed by atoms with Gasteiger partial charge >= 0.3 is 5.97 Å². The molecule has 2 aromatic carbocycles. The lowest BCUT2D eigenvalue weighted by Gasteiger charge is -2.08. The van der Waals surface area contributed by atoms with E-state index in [9.17, 15) is 14.0 Å². The first kappa shape index (κ1) is 15.8. The van der Waals surface area contributed by atoms with Gasteiger partial charge in [-0.1, -0.05) is 11.6 Å². The summed E-state index contributed by atoms with van der Waals surface area (Å²) in [6, 6.07) is 9.74. The maximum atomic E-state index is 12.9. The second-order valence-corrected chi connectivity index (χ2v) is 4.80. The number of nitrogens with two attached hydrogens (primary N) is 1. The predicted octanol–water partition coefficient (Wildman–Crippen LogP) is 2.86. The van der Waals surface area contributed by atoms with Gasteiger partial charge in [-0.2, -0.15) is 0 Å². The summed E-state index contributed by atoms with van der Waals surface area (Å²) >= 11 is 5.72. The van der Waals surface area contributed by atoms with Gasteiger partial charge in [0, 0.05) is 16.4 Å². The van der Waals surface area contributed by atoms with E-state index in [1.54, 1.807) is 24.3 Å². The van der Waals surface area contributed by atoms with Crippen molar-refractivity contribution < 1.29 is 18.7 Å². The largest absolute Gasteiger partial charge is 0.452 e. The van der Waals surface area contributed by atoms with Crippen LogP contribution in [0.25, 0.3) is 0 Å². The van der Waals surface area contributed by atoms with Crippen LogP contribution in [0.3, 0.4) is 0 Å². The Labute approximate surface area is 130 Å². The Kier molecular flexibility index (Phi) is 4.95. The molecule has 0 heterocycles. The number of anilines is 2. The molecule has 0 atom stereocenters. The summed E-state index contributed by atoms with van der Waals surface area (Å²) in [5.74, 6) is -1.88. The van der Waals surface area contributed by atoms with Gasteiger partial charge in [-0.05, 0) is 42.5 Å². The van der Waals surface area contributed by atoms with Crippen LogP contribution >= 0.6 is 11.6 Å². The summed E-state index contributed by atoms with van der Waals surface area (Å²) < 4.78 is 17.7. The normalized spacial score (nSPS) is 10.1. The molecule has 114 valence electrons. The lowest BCUT2D eigenvalue weighted by molar-refractivity contribution is -0.119. The number of nitrogens with one attached hydrogen (secondary N) is 1. The van der Waals surface area contributed by atoms with Crippen LogP contribution in [0.2, 0.25) is 5.02 Å². The lowest BCUT2D eigenvalue weighted by atomic mass is 10.2. The molecule has 22 heavy (non-hydrogen) atoms. The van der Waals surface area contributed by atoms with E-state index >= 15 is 0 Å². The quantitative estimate of drug-likeness (QED) is 0.670. The molecule has 3 N–H and O–H groups in total. The number of esters is 1. The summed E-state index contributed by atoms with van der Waals surface area (Å²) in [6.07, 6.45) is 0. The zero-order valence-corrected chi connectivity index (χ0v) is 12.1. The highest BCUT2D eigenvalue weighted by molar-refractivity contribution is 6.30. The van der Waals surface area contributed by atoms with Crippen molar-refractivity contribution >= 4 is 34.9 Å². The number of halogens is 2. The fourth-order valence-corrected chi connectivity index (χ4v) is 1.78. The van der Waals surface area contributed by atoms with Crippen LogP contribution in [0.15, 0.2) is 42.5 Å². The minimum absolute atomic E-state index is 0.000642. The number of benzene rings is 2. The number of nitrogen functional groups attached to an aromatic ring is 1. The Morgan fingerprint density at radius 3 is 2.50 bits per heavy atom. The van der Waals surface area contributed by atoms with Crippen molar-refractivity contribution in [2.75, 3.05) is 17.7 Å². The average molecular weight is 323 g/mol. The van der Waals surface area contributed by atoms with E-state index in [0.717, 1.165) is 12.1 Å². The molecule has 2 rings (SSSR count). The third-order valence-electron chi connectivity index (χ3n) is 2.70. The van der Waals surface area contributed by atoms with Gasteiger partial charge < -0.3 is 15.8 Å². The highest BCUT2D eigenvalue weighted by Gasteiger charge is 2.13. The summed E-state index contributed by atoms with van der Waals surface area (Å²) in [4.78, 5) is 23.4. The summed E-state index contributed by atoms with van der Waals surface area (Å²) in [5.41, 5.74) is 5.98. The molecule has 0 aromatic heterocycles. The molecule has 0 aliphatic heterocycles. The van der Waals surface area contributed by atoms with Crippen molar-refractivity contribution in [3.63, 3.8) is 0 Å². The zero-order chi connectivity index (χ0) is 16.1. The molecule has 0 saturated carbocycles. The zero-order valence-electron chi connectivity index (χ0n) is 11.3. The number of carbonyl (C=O) groups is 2. The van der Waals surface area contributed by atoms with E-state index < -0.39 is 24.3 Å². The number of carbonyl (C=O) groups excluding carboxylic acids is 2. The van der Waals surface area contributed by atoms with E-state index in [-0.39, 0.29) is 11.3 Å². The van der Waals surface area contributed by atoms with E-state index in [4.69, 9.17) is 22.1 Å². The Hall–Kier alpha value is -2.60. The van der Waals surface area contributed by atoms with Crippen LogP contribution in [-0.4, -0.2) is 18.5 Å². The van der Waals surface area contributed by atoms with Gasteiger partial charge in [0.25, 0.3) is 5.91 Å². The van der Waals surface area contributed by atoms with Gasteiger partial charge in [0.15, 0.2) is 6.61 Å². The van der Waals surface area contributed by atoms with E-state index in [2.05, 4.69) is 5.32 Å². The fourth-order valence-electron chi connectivity index (χ4n) is 1.66. The maximum Gasteiger partial charge on any atom is 0.340 e. The third-order valence-corrected chi connectivity index (χ3v) is 2.95. The van der Waals surface area contributed by atoms with E-state index in [1.165, 1.54) is 6.07 Å². The van der Waals surface area contributed by atoms with Gasteiger partial charge in [-0.3, -0.25) is 4.79 Å². The number of amides is 1. The predicted molar refractivity (Wildman–Crippen MR) is 81.2 cm³/mol. The molecule has 0 unspecified atom stereocenters. The van der Waals surface area contributed by atoms with Crippen LogP contribution in [0, 0.1) is 5.82 Å². The summed E-state index contributed by atoms with van der Waals surface area (Å²) in [7, 11) is 0. The number of ether oxygens (including phenoxy) is 1. The van der Waals surface area contributed by atoms with Gasteiger partial charge in [0.05, 0.1) is 5.56 Å². The summed E-state index contributed by atoms with van der Waals surface area (Å²) in [6.45, 7) is -0.488. The first-order chi connectivity index (χ1) is 10.5. The second-order valence-electron chi connectivity index (χ2n) is 4.36. The molecule has 5 nitrogen and oxygen atoms in total. The average Bonchev–Trinajstić information content (AvgIpc) is 2.47. The molecular weight excluding hydrogens is 311 g/mol. The van der Waals surface area contributed by atoms with Crippen molar-refractivity contribution in [3.8, 4) is 0 Å². The molecule has 0 spiro atoms. The standard InChI is InChI=1S/C15H12ClFN2O3/c16-9-1-4-11(5-2-9)19-14(20)8-22-15(21)12-6-3-10(17)7-13(12)18/h1-7H,8,18H2,(H,19,20). The van der Waals surface area contributed by atoms with Crippen LogP contribution in [0.5, 0.6) is 0 Å². The van der Waals surface area contributed by atoms with E-state index in [0.29, 0.717) is 10.7 Å². The number of hydrogen-bond donors (Lipinski definition) is 2. The first-order valence-corrected chi connectivity index (χ1v) is 6.61. The smallest absolute Gasteiger partial charge is 0.340 e. The van der Waals surface area contributed by atoms with Crippen LogP contribution in [-0.2, 0) is 9.53 Å². The van der Waals surface area contributed by atoms with Crippen molar-refractivity contribution in [1.82, 2.24) is 0 Å². The van der Waals surface area contributed by atoms with Gasteiger partial charge in [-0.25, -0.2) is 9.18 Å². The molecule has 0 saturated heterocycles. The highest BCUT2D eigenvalue weighted by atomic mass is 35.5. The monoisotopic (exact) mass is 322 g/mol. The van der Waals surface area contributed by atoms with Crippen molar-refractivity contribution in [1.29, 1.82) is 0 Å². The minimum Gasteiger partial charge on any atom is -0.452 e. The Morgan fingerprint density at radius 2 is 1.86 bits per heavy atom. The third kappa shape index (κ3) is 4.20. The molecule has 0 aliphatic carbocycles. The Balaban J connectivity index is 1.90. The first-order valence-electron chi connectivity index (χ1n) is 6.23. The van der Waals surface area contributed by atoms with Crippen molar-refractivity contribution in [3.05, 3.63) is 58.9 Å². The molecule has 0 aliphatic rings. The molecule has 7 heteroatoms. The fraction of sp³-hybridized carbons (Fsp3) is 0.0667. The lowest BCUT2D eigenvalue weighted by Crippen LogP contribution is -2.21. The van der Waals surface area contributed by atoms with Gasteiger partial charge in [0.2, 0.25) is 0 Å². The molecule has 0 fully saturated rings.